The number of benzene rings is 1. The first kappa shape index (κ1) is 35.2. The van der Waals surface area contributed by atoms with Crippen LogP contribution in [0, 0.1) is 11.8 Å². The Kier molecular flexibility index (Phi) is 17.9. The van der Waals surface area contributed by atoms with Gasteiger partial charge in [0, 0.05) is 42.5 Å². The van der Waals surface area contributed by atoms with Gasteiger partial charge >= 0.3 is 0 Å². The number of amides is 1. The maximum Gasteiger partial charge on any atom is 0.248 e. The van der Waals surface area contributed by atoms with Crippen molar-refractivity contribution in [1.82, 2.24) is 14.9 Å². The molecule has 1 amide bonds. The number of hydrogen-bond acceptors (Lipinski definition) is 6. The SMILES string of the molecule is CC.CC.CC(C)C.CN=C(/C(=C(\C)C1CCN(C(=O)CO)CC1)c1ccncn1)c1ccc(Cl)cc1O. The van der Waals surface area contributed by atoms with Gasteiger partial charge in [-0.05, 0) is 55.9 Å². The fourth-order valence-corrected chi connectivity index (χ4v) is 4.05. The van der Waals surface area contributed by atoms with E-state index in [1.165, 1.54) is 12.4 Å². The summed E-state index contributed by atoms with van der Waals surface area (Å²) in [4.78, 5) is 26.4. The monoisotopic (exact) mass is 546 g/mol. The number of piperidine rings is 1. The summed E-state index contributed by atoms with van der Waals surface area (Å²) in [6.07, 6.45) is 4.71. The minimum atomic E-state index is -0.464. The molecule has 1 aromatic heterocycles. The summed E-state index contributed by atoms with van der Waals surface area (Å²) in [5.41, 5.74) is 3.83. The van der Waals surface area contributed by atoms with E-state index in [-0.39, 0.29) is 17.6 Å². The zero-order valence-electron chi connectivity index (χ0n) is 24.6. The molecule has 0 unspecified atom stereocenters. The molecule has 0 saturated carbocycles. The second-order valence-electron chi connectivity index (χ2n) is 8.93. The Labute approximate surface area is 234 Å². The molecule has 38 heavy (non-hydrogen) atoms. The van der Waals surface area contributed by atoms with Gasteiger partial charge in [-0.15, -0.1) is 0 Å². The number of aliphatic hydroxyl groups is 1. The quantitative estimate of drug-likeness (QED) is 0.408. The number of aliphatic imine (C=N–C) groups is 1. The second-order valence-corrected chi connectivity index (χ2v) is 9.37. The van der Waals surface area contributed by atoms with Gasteiger partial charge in [-0.2, -0.15) is 0 Å². The van der Waals surface area contributed by atoms with Gasteiger partial charge in [0.05, 0.1) is 11.4 Å². The standard InChI is InChI=1S/C22H25ClN4O3.C4H10.2C2H6/c1-14(15-6-9-27(10-7-15)20(30)12-28)21(18-5-8-25-13-26-18)22(24-2)17-4-3-16(23)11-19(17)29;1-4(2)3;2*1-2/h3-5,8,11,13,15,28-29H,6-7,9-10,12H2,1-2H3;4H,1-3H3;2*1-2H3/b21-14+,24-22?;;;. The Morgan fingerprint density at radius 3 is 2.16 bits per heavy atom. The number of aromatic hydroxyl groups is 1. The van der Waals surface area contributed by atoms with Crippen LogP contribution in [0.3, 0.4) is 0 Å². The summed E-state index contributed by atoms with van der Waals surface area (Å²) >= 11 is 6.01. The van der Waals surface area contributed by atoms with Crippen molar-refractivity contribution in [2.45, 2.75) is 68.2 Å². The summed E-state index contributed by atoms with van der Waals surface area (Å²) in [7, 11) is 1.68. The van der Waals surface area contributed by atoms with Crippen LogP contribution in [0.15, 0.2) is 47.4 Å². The predicted molar refractivity (Wildman–Crippen MR) is 160 cm³/mol. The Morgan fingerprint density at radius 2 is 1.71 bits per heavy atom. The van der Waals surface area contributed by atoms with Crippen LogP contribution >= 0.6 is 11.6 Å². The van der Waals surface area contributed by atoms with E-state index in [9.17, 15) is 9.90 Å². The predicted octanol–water partition coefficient (Wildman–Crippen LogP) is 6.67. The molecule has 1 aliphatic heterocycles. The molecule has 0 radical (unpaired) electrons. The number of carbonyl (C=O) groups is 1. The first-order chi connectivity index (χ1) is 18.2. The van der Waals surface area contributed by atoms with E-state index in [0.29, 0.717) is 35.1 Å². The van der Waals surface area contributed by atoms with Gasteiger partial charge in [-0.1, -0.05) is 65.6 Å². The smallest absolute Gasteiger partial charge is 0.248 e. The van der Waals surface area contributed by atoms with Gasteiger partial charge in [0.2, 0.25) is 5.91 Å². The summed E-state index contributed by atoms with van der Waals surface area (Å²) < 4.78 is 0. The third-order valence-electron chi connectivity index (χ3n) is 5.50. The van der Waals surface area contributed by atoms with E-state index in [1.807, 2.05) is 40.7 Å². The maximum absolute atomic E-state index is 11.8. The molecule has 0 atom stereocenters. The summed E-state index contributed by atoms with van der Waals surface area (Å²) in [6, 6.07) is 6.78. The minimum Gasteiger partial charge on any atom is -0.507 e. The molecule has 0 aliphatic carbocycles. The first-order valence-electron chi connectivity index (χ1n) is 13.5. The van der Waals surface area contributed by atoms with E-state index in [0.717, 1.165) is 29.9 Å². The van der Waals surface area contributed by atoms with Crippen LogP contribution in [0.25, 0.3) is 5.57 Å². The van der Waals surface area contributed by atoms with Crippen LogP contribution in [-0.2, 0) is 4.79 Å². The number of aliphatic hydroxyl groups excluding tert-OH is 1. The summed E-state index contributed by atoms with van der Waals surface area (Å²) in [5, 5.41) is 20.1. The molecule has 1 aliphatic rings. The molecule has 8 heteroatoms. The van der Waals surface area contributed by atoms with Crippen LogP contribution in [0.5, 0.6) is 5.75 Å². The molecule has 0 spiro atoms. The van der Waals surface area contributed by atoms with Crippen molar-refractivity contribution in [3.8, 4) is 5.75 Å². The van der Waals surface area contributed by atoms with Crippen molar-refractivity contribution in [3.05, 3.63) is 58.6 Å². The molecule has 1 saturated heterocycles. The molecule has 1 aromatic carbocycles. The third kappa shape index (κ3) is 10.9. The molecule has 0 bridgehead atoms. The van der Waals surface area contributed by atoms with Gasteiger partial charge in [0.15, 0.2) is 0 Å². The van der Waals surface area contributed by atoms with Crippen LogP contribution in [-0.4, -0.2) is 63.4 Å². The number of hydrogen-bond donors (Lipinski definition) is 2. The number of nitrogens with zero attached hydrogens (tertiary/aromatic N) is 4. The number of allylic oxidation sites excluding steroid dienone is 2. The van der Waals surface area contributed by atoms with Gasteiger partial charge in [-0.3, -0.25) is 9.79 Å². The summed E-state index contributed by atoms with van der Waals surface area (Å²) in [5.74, 6) is 0.850. The Morgan fingerprint density at radius 1 is 1.13 bits per heavy atom. The summed E-state index contributed by atoms with van der Waals surface area (Å²) in [6.45, 7) is 17.3. The van der Waals surface area contributed by atoms with Crippen LogP contribution < -0.4 is 0 Å². The third-order valence-corrected chi connectivity index (χ3v) is 5.74. The number of carbonyl (C=O) groups excluding carboxylic acids is 1. The fraction of sp³-hybridized carbons (Fsp3) is 0.533. The largest absolute Gasteiger partial charge is 0.507 e. The van der Waals surface area contributed by atoms with Crippen molar-refractivity contribution >= 4 is 28.8 Å². The van der Waals surface area contributed by atoms with Gasteiger partial charge < -0.3 is 15.1 Å². The van der Waals surface area contributed by atoms with Gasteiger partial charge in [0.1, 0.15) is 18.7 Å². The highest BCUT2D eigenvalue weighted by Gasteiger charge is 2.27. The number of rotatable bonds is 5. The van der Waals surface area contributed by atoms with Crippen molar-refractivity contribution in [3.63, 3.8) is 0 Å². The highest BCUT2D eigenvalue weighted by molar-refractivity contribution is 6.34. The number of phenolic OH excluding ortho intramolecular Hbond substituents is 1. The molecule has 7 nitrogen and oxygen atoms in total. The fourth-order valence-electron chi connectivity index (χ4n) is 3.89. The molecule has 1 fully saturated rings. The average molecular weight is 547 g/mol. The normalized spacial score (nSPS) is 14.2. The molecule has 212 valence electrons. The number of halogens is 1. The molecular formula is C30H47ClN4O3. The molecule has 2 heterocycles. The van der Waals surface area contributed by atoms with Crippen molar-refractivity contribution in [2.75, 3.05) is 26.7 Å². The van der Waals surface area contributed by atoms with Gasteiger partial charge in [0.25, 0.3) is 0 Å². The van der Waals surface area contributed by atoms with Crippen LogP contribution in [0.1, 0.15) is 79.5 Å². The molecule has 3 rings (SSSR count). The zero-order valence-corrected chi connectivity index (χ0v) is 25.4. The minimum absolute atomic E-state index is 0.0471. The van der Waals surface area contributed by atoms with Crippen molar-refractivity contribution in [2.24, 2.45) is 16.8 Å². The second kappa shape index (κ2) is 19.3. The lowest BCUT2D eigenvalue weighted by molar-refractivity contribution is -0.135. The van der Waals surface area contributed by atoms with Crippen LogP contribution in [0.2, 0.25) is 5.02 Å². The van der Waals surface area contributed by atoms with Crippen molar-refractivity contribution in [1.29, 1.82) is 0 Å². The van der Waals surface area contributed by atoms with Crippen LogP contribution in [0.4, 0.5) is 0 Å². The van der Waals surface area contributed by atoms with Gasteiger partial charge in [-0.25, -0.2) is 9.97 Å². The maximum atomic E-state index is 11.8. The first-order valence-corrected chi connectivity index (χ1v) is 13.9. The lowest BCUT2D eigenvalue weighted by atomic mass is 9.83. The van der Waals surface area contributed by atoms with E-state index >= 15 is 0 Å². The molecule has 2 aromatic rings. The highest BCUT2D eigenvalue weighted by atomic mass is 35.5. The highest BCUT2D eigenvalue weighted by Crippen LogP contribution is 2.34. The number of phenols is 1. The number of likely N-dealkylation sites (tertiary alicyclic amines) is 1. The van der Waals surface area contributed by atoms with E-state index < -0.39 is 6.61 Å². The molecular weight excluding hydrogens is 500 g/mol. The Hall–Kier alpha value is -2.77. The number of aromatic nitrogens is 2. The lowest BCUT2D eigenvalue weighted by Crippen LogP contribution is -2.40. The van der Waals surface area contributed by atoms with E-state index in [1.54, 1.807) is 30.3 Å². The Bertz CT molecular complexity index is 1010. The van der Waals surface area contributed by atoms with E-state index in [4.69, 9.17) is 16.7 Å². The van der Waals surface area contributed by atoms with E-state index in [2.05, 4.69) is 35.7 Å². The molecule has 2 N–H and O–H groups in total. The zero-order chi connectivity index (χ0) is 29.3. The van der Waals surface area contributed by atoms with Crippen molar-refractivity contribution < 1.29 is 15.0 Å². The Balaban J connectivity index is 0.00000153. The average Bonchev–Trinajstić information content (AvgIpc) is 2.94. The lowest BCUT2D eigenvalue weighted by Gasteiger charge is -2.33. The topological polar surface area (TPSA) is 98.9 Å².